The third-order valence-electron chi connectivity index (χ3n) is 4.92. The van der Waals surface area contributed by atoms with Gasteiger partial charge in [0.25, 0.3) is 5.91 Å². The maximum atomic E-state index is 12.8. The first-order chi connectivity index (χ1) is 12.8. The topological polar surface area (TPSA) is 108 Å². The van der Waals surface area contributed by atoms with Gasteiger partial charge in [0.05, 0.1) is 29.4 Å². The van der Waals surface area contributed by atoms with Crippen LogP contribution in [0.4, 0.5) is 0 Å². The Morgan fingerprint density at radius 3 is 2.78 bits per heavy atom. The predicted molar refractivity (Wildman–Crippen MR) is 96.4 cm³/mol. The Morgan fingerprint density at radius 1 is 1.33 bits per heavy atom. The number of likely N-dealkylation sites (tertiary alicyclic amines) is 1. The van der Waals surface area contributed by atoms with E-state index in [1.165, 1.54) is 16.0 Å². The van der Waals surface area contributed by atoms with Gasteiger partial charge in [-0.25, -0.2) is 9.50 Å². The summed E-state index contributed by atoms with van der Waals surface area (Å²) in [5.74, 6) is -2.00. The van der Waals surface area contributed by atoms with Gasteiger partial charge in [0, 0.05) is 32.4 Å². The number of aliphatic carboxylic acids is 1. The number of fused-ring (bicyclic) bond motifs is 1. The van der Waals surface area contributed by atoms with Gasteiger partial charge in [-0.1, -0.05) is 0 Å². The summed E-state index contributed by atoms with van der Waals surface area (Å²) < 4.78 is 1.61. The molecule has 1 saturated heterocycles. The van der Waals surface area contributed by atoms with Crippen LogP contribution in [0.25, 0.3) is 5.65 Å². The first-order valence-corrected chi connectivity index (χ1v) is 8.86. The Hall–Kier alpha value is -2.97. The Kier molecular flexibility index (Phi) is 5.11. The average Bonchev–Trinajstić information content (AvgIpc) is 3.03. The van der Waals surface area contributed by atoms with Crippen molar-refractivity contribution < 1.29 is 19.5 Å². The molecule has 0 saturated carbocycles. The number of amides is 2. The van der Waals surface area contributed by atoms with Crippen molar-refractivity contribution >= 4 is 23.4 Å². The lowest BCUT2D eigenvalue weighted by molar-refractivity contribution is -0.145. The molecule has 3 rings (SSSR count). The molecule has 3 heterocycles. The highest BCUT2D eigenvalue weighted by Gasteiger charge is 2.29. The fraction of sp³-hybridized carbons (Fsp3) is 0.500. The Bertz CT molecular complexity index is 907. The van der Waals surface area contributed by atoms with E-state index in [9.17, 15) is 14.4 Å². The molecule has 0 bridgehead atoms. The minimum atomic E-state index is -0.888. The van der Waals surface area contributed by atoms with Crippen LogP contribution in [-0.2, 0) is 9.59 Å². The van der Waals surface area contributed by atoms with Crippen LogP contribution in [0.1, 0.15) is 34.6 Å². The third kappa shape index (κ3) is 3.76. The maximum Gasteiger partial charge on any atom is 0.308 e. The van der Waals surface area contributed by atoms with E-state index in [4.69, 9.17) is 5.11 Å². The number of hydrogen-bond acceptors (Lipinski definition) is 5. The molecule has 2 aromatic rings. The maximum absolute atomic E-state index is 12.8. The van der Waals surface area contributed by atoms with Crippen LogP contribution in [0.3, 0.4) is 0 Å². The van der Waals surface area contributed by atoms with Gasteiger partial charge in [-0.15, -0.1) is 0 Å². The molecule has 9 heteroatoms. The van der Waals surface area contributed by atoms with E-state index in [0.29, 0.717) is 36.3 Å². The molecule has 0 aliphatic carbocycles. The lowest BCUT2D eigenvalue weighted by atomic mass is 9.98. The standard InChI is InChI=1S/C18H23N5O4/c1-11-7-15-19-8-14(12(2)23(15)20-11)17(25)21(3)10-16(24)22-6-4-5-13(9-22)18(26)27/h7-8,13H,4-6,9-10H2,1-3H3,(H,26,27). The van der Waals surface area contributed by atoms with Crippen LogP contribution in [0.2, 0.25) is 0 Å². The molecule has 2 amide bonds. The molecular weight excluding hydrogens is 350 g/mol. The molecule has 0 spiro atoms. The van der Waals surface area contributed by atoms with Crippen molar-refractivity contribution in [3.05, 3.63) is 29.2 Å². The van der Waals surface area contributed by atoms with Crippen molar-refractivity contribution in [2.75, 3.05) is 26.7 Å². The number of aryl methyl sites for hydroxylation is 2. The van der Waals surface area contributed by atoms with E-state index in [-0.39, 0.29) is 24.9 Å². The zero-order valence-corrected chi connectivity index (χ0v) is 15.7. The second-order valence-electron chi connectivity index (χ2n) is 6.99. The SMILES string of the molecule is Cc1cc2ncc(C(=O)N(C)CC(=O)N3CCCC(C(=O)O)C3)c(C)n2n1. The van der Waals surface area contributed by atoms with E-state index in [1.54, 1.807) is 18.5 Å². The summed E-state index contributed by atoms with van der Waals surface area (Å²) in [5, 5.41) is 13.5. The summed E-state index contributed by atoms with van der Waals surface area (Å²) >= 11 is 0. The number of aromatic nitrogens is 3. The van der Waals surface area contributed by atoms with E-state index in [2.05, 4.69) is 10.1 Å². The number of carboxylic acids is 1. The van der Waals surface area contributed by atoms with Gasteiger partial charge < -0.3 is 14.9 Å². The van der Waals surface area contributed by atoms with Crippen LogP contribution >= 0.6 is 0 Å². The molecule has 1 aliphatic heterocycles. The first-order valence-electron chi connectivity index (χ1n) is 8.86. The van der Waals surface area contributed by atoms with E-state index in [1.807, 2.05) is 13.0 Å². The molecule has 1 aliphatic rings. The second-order valence-corrected chi connectivity index (χ2v) is 6.99. The van der Waals surface area contributed by atoms with Crippen LogP contribution in [0, 0.1) is 19.8 Å². The van der Waals surface area contributed by atoms with Crippen molar-refractivity contribution in [2.45, 2.75) is 26.7 Å². The van der Waals surface area contributed by atoms with Crippen LogP contribution in [0.5, 0.6) is 0 Å². The van der Waals surface area contributed by atoms with Gasteiger partial charge in [-0.2, -0.15) is 5.10 Å². The lowest BCUT2D eigenvalue weighted by Gasteiger charge is -2.32. The minimum Gasteiger partial charge on any atom is -0.481 e. The highest BCUT2D eigenvalue weighted by Crippen LogP contribution is 2.17. The summed E-state index contributed by atoms with van der Waals surface area (Å²) in [6.45, 7) is 4.23. The molecule has 27 heavy (non-hydrogen) atoms. The number of carboxylic acid groups (broad SMARTS) is 1. The quantitative estimate of drug-likeness (QED) is 0.847. The molecule has 1 N–H and O–H groups in total. The number of piperidine rings is 1. The number of likely N-dealkylation sites (N-methyl/N-ethyl adjacent to an activating group) is 1. The van der Waals surface area contributed by atoms with E-state index >= 15 is 0 Å². The van der Waals surface area contributed by atoms with Crippen LogP contribution in [0.15, 0.2) is 12.3 Å². The third-order valence-corrected chi connectivity index (χ3v) is 4.92. The largest absolute Gasteiger partial charge is 0.481 e. The molecular formula is C18H23N5O4. The normalized spacial score (nSPS) is 17.1. The number of hydrogen-bond donors (Lipinski definition) is 1. The molecule has 1 fully saturated rings. The highest BCUT2D eigenvalue weighted by molar-refractivity contribution is 5.97. The second kappa shape index (κ2) is 7.34. The molecule has 1 unspecified atom stereocenters. The van der Waals surface area contributed by atoms with Crippen molar-refractivity contribution in [1.29, 1.82) is 0 Å². The van der Waals surface area contributed by atoms with Crippen molar-refractivity contribution in [3.8, 4) is 0 Å². The number of carbonyl (C=O) groups is 3. The van der Waals surface area contributed by atoms with Crippen molar-refractivity contribution in [1.82, 2.24) is 24.4 Å². The van der Waals surface area contributed by atoms with Crippen molar-refractivity contribution in [2.24, 2.45) is 5.92 Å². The van der Waals surface area contributed by atoms with Crippen LogP contribution in [-0.4, -0.2) is 74.0 Å². The highest BCUT2D eigenvalue weighted by atomic mass is 16.4. The first kappa shape index (κ1) is 18.8. The molecule has 2 aromatic heterocycles. The molecule has 1 atom stereocenters. The smallest absolute Gasteiger partial charge is 0.308 e. The summed E-state index contributed by atoms with van der Waals surface area (Å²) in [7, 11) is 1.55. The molecule has 9 nitrogen and oxygen atoms in total. The van der Waals surface area contributed by atoms with E-state index < -0.39 is 11.9 Å². The number of carbonyl (C=O) groups excluding carboxylic acids is 2. The summed E-state index contributed by atoms with van der Waals surface area (Å²) in [5.41, 5.74) is 2.49. The molecule has 144 valence electrons. The number of rotatable bonds is 4. The lowest BCUT2D eigenvalue weighted by Crippen LogP contribution is -2.47. The van der Waals surface area contributed by atoms with Gasteiger partial charge in [0.1, 0.15) is 0 Å². The minimum absolute atomic E-state index is 0.110. The fourth-order valence-corrected chi connectivity index (χ4v) is 3.36. The average molecular weight is 373 g/mol. The van der Waals surface area contributed by atoms with Gasteiger partial charge in [0.15, 0.2) is 5.65 Å². The van der Waals surface area contributed by atoms with Gasteiger partial charge >= 0.3 is 5.97 Å². The fourth-order valence-electron chi connectivity index (χ4n) is 3.36. The van der Waals surface area contributed by atoms with Gasteiger partial charge in [-0.3, -0.25) is 14.4 Å². The Balaban J connectivity index is 1.71. The van der Waals surface area contributed by atoms with Crippen LogP contribution < -0.4 is 0 Å². The van der Waals surface area contributed by atoms with Crippen molar-refractivity contribution in [3.63, 3.8) is 0 Å². The molecule has 0 aromatic carbocycles. The monoisotopic (exact) mass is 373 g/mol. The zero-order chi connectivity index (χ0) is 19.7. The summed E-state index contributed by atoms with van der Waals surface area (Å²) in [6.07, 6.45) is 2.72. The van der Waals surface area contributed by atoms with Gasteiger partial charge in [0.2, 0.25) is 5.91 Å². The van der Waals surface area contributed by atoms with E-state index in [0.717, 1.165) is 5.69 Å². The molecule has 0 radical (unpaired) electrons. The van der Waals surface area contributed by atoms with Gasteiger partial charge in [-0.05, 0) is 26.7 Å². The predicted octanol–water partition coefficient (Wildman–Crippen LogP) is 0.741. The zero-order valence-electron chi connectivity index (χ0n) is 15.7. The summed E-state index contributed by atoms with van der Waals surface area (Å²) in [4.78, 5) is 43.6. The Labute approximate surface area is 156 Å². The number of nitrogens with zero attached hydrogens (tertiary/aromatic N) is 5. The Morgan fingerprint density at radius 2 is 2.07 bits per heavy atom. The summed E-state index contributed by atoms with van der Waals surface area (Å²) in [6, 6.07) is 1.82.